The molecule has 0 N–H and O–H groups in total. The fourth-order valence-electron chi connectivity index (χ4n) is 2.62. The minimum Gasteiger partial charge on any atom is -0.423 e. The normalized spacial score (nSPS) is 20.5. The van der Waals surface area contributed by atoms with Gasteiger partial charge in [-0.2, -0.15) is 4.98 Å². The van der Waals surface area contributed by atoms with Gasteiger partial charge in [0, 0.05) is 19.0 Å². The molecule has 1 aliphatic heterocycles. The quantitative estimate of drug-likeness (QED) is 0.792. The molecule has 1 fully saturated rings. The summed E-state index contributed by atoms with van der Waals surface area (Å²) in [5, 5.41) is 0. The number of fused-ring (bicyclic) bond motifs is 1. The summed E-state index contributed by atoms with van der Waals surface area (Å²) in [4.78, 5) is 6.81. The highest BCUT2D eigenvalue weighted by Gasteiger charge is 2.22. The van der Waals surface area contributed by atoms with Crippen molar-refractivity contribution in [3.05, 3.63) is 24.3 Å². The molecule has 1 aromatic heterocycles. The van der Waals surface area contributed by atoms with Gasteiger partial charge in [-0.05, 0) is 37.3 Å². The number of benzene rings is 1. The van der Waals surface area contributed by atoms with Gasteiger partial charge >= 0.3 is 0 Å². The highest BCUT2D eigenvalue weighted by molar-refractivity contribution is 6.17. The zero-order valence-corrected chi connectivity index (χ0v) is 11.1. The molecule has 3 rings (SSSR count). The topological polar surface area (TPSA) is 29.3 Å². The molecule has 0 saturated carbocycles. The molecule has 18 heavy (non-hydrogen) atoms. The summed E-state index contributed by atoms with van der Waals surface area (Å²) in [5.41, 5.74) is 1.80. The Morgan fingerprint density at radius 3 is 3.11 bits per heavy atom. The lowest BCUT2D eigenvalue weighted by molar-refractivity contribution is 0.388. The van der Waals surface area contributed by atoms with E-state index >= 15 is 0 Å². The van der Waals surface area contributed by atoms with Crippen LogP contribution < -0.4 is 4.90 Å². The first-order valence-corrected chi connectivity index (χ1v) is 7.07. The van der Waals surface area contributed by atoms with Gasteiger partial charge in [-0.3, -0.25) is 0 Å². The Bertz CT molecular complexity index is 490. The van der Waals surface area contributed by atoms with Gasteiger partial charge in [-0.1, -0.05) is 12.1 Å². The Morgan fingerprint density at radius 2 is 2.28 bits per heavy atom. The van der Waals surface area contributed by atoms with E-state index in [-0.39, 0.29) is 0 Å². The zero-order chi connectivity index (χ0) is 12.4. The molecule has 96 valence electrons. The van der Waals surface area contributed by atoms with Crippen molar-refractivity contribution in [2.45, 2.75) is 19.3 Å². The molecule has 1 aliphatic rings. The van der Waals surface area contributed by atoms with E-state index in [1.54, 1.807) is 0 Å². The summed E-state index contributed by atoms with van der Waals surface area (Å²) in [5.74, 6) is 1.41. The lowest BCUT2D eigenvalue weighted by Gasteiger charge is -2.31. The van der Waals surface area contributed by atoms with Crippen LogP contribution in [0.15, 0.2) is 28.7 Å². The number of rotatable bonds is 3. The number of hydrogen-bond donors (Lipinski definition) is 0. The monoisotopic (exact) mass is 264 g/mol. The van der Waals surface area contributed by atoms with Crippen molar-refractivity contribution >= 4 is 28.7 Å². The van der Waals surface area contributed by atoms with E-state index in [2.05, 4.69) is 9.88 Å². The number of oxazole rings is 1. The Balaban J connectivity index is 1.80. The van der Waals surface area contributed by atoms with Crippen molar-refractivity contribution in [1.29, 1.82) is 0 Å². The number of nitrogens with zero attached hydrogens (tertiary/aromatic N) is 2. The van der Waals surface area contributed by atoms with Gasteiger partial charge in [0.1, 0.15) is 5.52 Å². The summed E-state index contributed by atoms with van der Waals surface area (Å²) in [6, 6.07) is 8.68. The average molecular weight is 265 g/mol. The van der Waals surface area contributed by atoms with Crippen LogP contribution in [0.4, 0.5) is 6.01 Å². The van der Waals surface area contributed by atoms with E-state index in [1.807, 2.05) is 24.3 Å². The summed E-state index contributed by atoms with van der Waals surface area (Å²) < 4.78 is 5.82. The van der Waals surface area contributed by atoms with Crippen LogP contribution in [0.25, 0.3) is 11.1 Å². The molecular formula is C14H17ClN2O. The molecule has 3 nitrogen and oxygen atoms in total. The van der Waals surface area contributed by atoms with Gasteiger partial charge in [-0.15, -0.1) is 11.6 Å². The van der Waals surface area contributed by atoms with E-state index in [0.29, 0.717) is 5.92 Å². The van der Waals surface area contributed by atoms with Crippen molar-refractivity contribution in [2.24, 2.45) is 5.92 Å². The fraction of sp³-hybridized carbons (Fsp3) is 0.500. The van der Waals surface area contributed by atoms with E-state index < -0.39 is 0 Å². The summed E-state index contributed by atoms with van der Waals surface area (Å²) >= 11 is 5.84. The minimum atomic E-state index is 0.672. The predicted molar refractivity (Wildman–Crippen MR) is 74.3 cm³/mol. The molecule has 1 atom stereocenters. The van der Waals surface area contributed by atoms with Gasteiger partial charge in [0.05, 0.1) is 0 Å². The number of aromatic nitrogens is 1. The van der Waals surface area contributed by atoms with Crippen LogP contribution in [0.3, 0.4) is 0 Å². The first kappa shape index (κ1) is 11.8. The zero-order valence-electron chi connectivity index (χ0n) is 10.3. The average Bonchev–Trinajstić information content (AvgIpc) is 2.83. The lowest BCUT2D eigenvalue weighted by atomic mass is 9.96. The van der Waals surface area contributed by atoms with Crippen molar-refractivity contribution in [3.63, 3.8) is 0 Å². The number of alkyl halides is 1. The fourth-order valence-corrected chi connectivity index (χ4v) is 2.93. The summed E-state index contributed by atoms with van der Waals surface area (Å²) in [7, 11) is 0. The maximum Gasteiger partial charge on any atom is 0.298 e. The first-order chi connectivity index (χ1) is 8.86. The molecular weight excluding hydrogens is 248 g/mol. The second kappa shape index (κ2) is 5.19. The molecule has 2 heterocycles. The van der Waals surface area contributed by atoms with Crippen LogP contribution in [0.2, 0.25) is 0 Å². The summed E-state index contributed by atoms with van der Waals surface area (Å²) in [6.07, 6.45) is 3.54. The van der Waals surface area contributed by atoms with E-state index in [1.165, 1.54) is 12.8 Å². The highest BCUT2D eigenvalue weighted by atomic mass is 35.5. The van der Waals surface area contributed by atoms with Gasteiger partial charge in [0.15, 0.2) is 5.58 Å². The number of halogens is 1. The Morgan fingerprint density at radius 1 is 1.39 bits per heavy atom. The molecule has 0 spiro atoms. The van der Waals surface area contributed by atoms with Gasteiger partial charge in [-0.25, -0.2) is 0 Å². The molecule has 2 aromatic rings. The molecule has 0 radical (unpaired) electrons. The minimum absolute atomic E-state index is 0.672. The smallest absolute Gasteiger partial charge is 0.298 e. The third-order valence-electron chi connectivity index (χ3n) is 3.59. The number of piperidine rings is 1. The highest BCUT2D eigenvalue weighted by Crippen LogP contribution is 2.27. The van der Waals surface area contributed by atoms with Gasteiger partial charge in [0.2, 0.25) is 0 Å². The maximum absolute atomic E-state index is 5.84. The van der Waals surface area contributed by atoms with Crippen LogP contribution in [0.5, 0.6) is 0 Å². The van der Waals surface area contributed by atoms with E-state index in [9.17, 15) is 0 Å². The standard InChI is InChI=1S/C14H17ClN2O/c15-8-7-11-4-3-9-17(10-11)14-16-12-5-1-2-6-13(12)18-14/h1-2,5-6,11H,3-4,7-10H2. The molecule has 1 unspecified atom stereocenters. The predicted octanol–water partition coefficient (Wildman–Crippen LogP) is 3.67. The number of anilines is 1. The third kappa shape index (κ3) is 2.32. The molecule has 0 bridgehead atoms. The lowest BCUT2D eigenvalue weighted by Crippen LogP contribution is -2.35. The van der Waals surface area contributed by atoms with Crippen LogP contribution in [0.1, 0.15) is 19.3 Å². The van der Waals surface area contributed by atoms with Crippen molar-refractivity contribution in [1.82, 2.24) is 4.98 Å². The van der Waals surface area contributed by atoms with Gasteiger partial charge < -0.3 is 9.32 Å². The third-order valence-corrected chi connectivity index (χ3v) is 3.81. The molecule has 0 amide bonds. The Labute approximate surface area is 112 Å². The maximum atomic E-state index is 5.84. The van der Waals surface area contributed by atoms with E-state index in [0.717, 1.165) is 42.5 Å². The molecule has 0 aliphatic carbocycles. The first-order valence-electron chi connectivity index (χ1n) is 6.53. The Hall–Kier alpha value is -1.22. The van der Waals surface area contributed by atoms with Crippen LogP contribution >= 0.6 is 11.6 Å². The Kier molecular flexibility index (Phi) is 3.41. The molecule has 1 aromatic carbocycles. The van der Waals surface area contributed by atoms with Crippen LogP contribution in [-0.2, 0) is 0 Å². The van der Waals surface area contributed by atoms with E-state index in [4.69, 9.17) is 16.0 Å². The SMILES string of the molecule is ClCCC1CCCN(c2nc3ccccc3o2)C1. The number of hydrogen-bond acceptors (Lipinski definition) is 3. The largest absolute Gasteiger partial charge is 0.423 e. The second-order valence-electron chi connectivity index (χ2n) is 4.90. The molecule has 4 heteroatoms. The van der Waals surface area contributed by atoms with Crippen molar-refractivity contribution in [3.8, 4) is 0 Å². The number of para-hydroxylation sites is 2. The van der Waals surface area contributed by atoms with Crippen molar-refractivity contribution in [2.75, 3.05) is 23.9 Å². The summed E-state index contributed by atoms with van der Waals surface area (Å²) in [6.45, 7) is 2.05. The van der Waals surface area contributed by atoms with Crippen molar-refractivity contribution < 1.29 is 4.42 Å². The van der Waals surface area contributed by atoms with Crippen LogP contribution in [0, 0.1) is 5.92 Å². The van der Waals surface area contributed by atoms with Gasteiger partial charge in [0.25, 0.3) is 6.01 Å². The van der Waals surface area contributed by atoms with Crippen LogP contribution in [-0.4, -0.2) is 24.0 Å². The molecule has 1 saturated heterocycles. The second-order valence-corrected chi connectivity index (χ2v) is 5.27.